The molecule has 2 heterocycles. The Labute approximate surface area is 92.9 Å². The summed E-state index contributed by atoms with van der Waals surface area (Å²) >= 11 is 5.89. The van der Waals surface area contributed by atoms with E-state index < -0.39 is 15.2 Å². The summed E-state index contributed by atoms with van der Waals surface area (Å²) in [5, 5.41) is -0.418. The fourth-order valence-corrected chi connectivity index (χ4v) is 3.97. The number of sulfone groups is 1. The monoisotopic (exact) mass is 247 g/mol. The summed E-state index contributed by atoms with van der Waals surface area (Å²) in [6.07, 6.45) is 4.66. The Hall–Kier alpha value is -0.810. The number of nitrogens with zero attached hydrogens (tertiary/aromatic N) is 1. The van der Waals surface area contributed by atoms with Crippen LogP contribution in [0, 0.1) is 0 Å². The molecule has 1 aromatic rings. The van der Waals surface area contributed by atoms with E-state index in [4.69, 9.17) is 16.0 Å². The number of halogens is 1. The summed E-state index contributed by atoms with van der Waals surface area (Å²) in [6, 6.07) is 1.41. The normalized spacial score (nSPS) is 29.9. The molecule has 82 valence electrons. The van der Waals surface area contributed by atoms with Crippen LogP contribution in [-0.4, -0.2) is 37.6 Å². The molecule has 0 saturated carbocycles. The maximum atomic E-state index is 11.2. The van der Waals surface area contributed by atoms with Gasteiger partial charge < -0.3 is 4.42 Å². The number of rotatable bonds is 2. The van der Waals surface area contributed by atoms with Gasteiger partial charge in [0, 0.05) is 11.8 Å². The van der Waals surface area contributed by atoms with Crippen molar-refractivity contribution in [3.8, 4) is 0 Å². The Morgan fingerprint density at radius 3 is 2.87 bits per heavy atom. The Balaban J connectivity index is 2.08. The molecule has 0 unspecified atom stereocenters. The third-order valence-corrected chi connectivity index (χ3v) is 4.56. The van der Waals surface area contributed by atoms with Crippen molar-refractivity contribution in [1.29, 1.82) is 0 Å². The third-order valence-electron chi connectivity index (χ3n) is 2.21. The van der Waals surface area contributed by atoms with Crippen molar-refractivity contribution in [2.24, 2.45) is 4.99 Å². The summed E-state index contributed by atoms with van der Waals surface area (Å²) in [4.78, 5) is 4.15. The predicted molar refractivity (Wildman–Crippen MR) is 58.4 cm³/mol. The minimum atomic E-state index is -3.00. The van der Waals surface area contributed by atoms with Crippen LogP contribution in [0.4, 0.5) is 0 Å². The van der Waals surface area contributed by atoms with E-state index in [1.807, 2.05) is 0 Å². The molecule has 0 aromatic carbocycles. The third kappa shape index (κ3) is 2.60. The summed E-state index contributed by atoms with van der Waals surface area (Å²) in [5.74, 6) is 0.0530. The molecule has 6 heteroatoms. The van der Waals surface area contributed by atoms with Crippen LogP contribution >= 0.6 is 11.6 Å². The molecule has 1 aliphatic heterocycles. The Kier molecular flexibility index (Phi) is 2.84. The van der Waals surface area contributed by atoms with Gasteiger partial charge in [-0.1, -0.05) is 0 Å². The number of furan rings is 1. The molecule has 2 atom stereocenters. The van der Waals surface area contributed by atoms with E-state index in [2.05, 4.69) is 4.99 Å². The quantitative estimate of drug-likeness (QED) is 0.581. The van der Waals surface area contributed by atoms with Crippen LogP contribution in [0.1, 0.15) is 5.56 Å². The zero-order valence-corrected chi connectivity index (χ0v) is 9.41. The van der Waals surface area contributed by atoms with Gasteiger partial charge in [-0.25, -0.2) is 8.42 Å². The molecule has 1 aromatic heterocycles. The van der Waals surface area contributed by atoms with Crippen LogP contribution in [0.25, 0.3) is 0 Å². The standard InChI is InChI=1S/C9H10ClNO3S/c10-8-5-15(12,13)6-9(8)11-3-7-1-2-14-4-7/h1-4,8-9H,5-6H2/t8-,9-/m1/s1. The van der Waals surface area contributed by atoms with Gasteiger partial charge >= 0.3 is 0 Å². The molecule has 4 nitrogen and oxygen atoms in total. The molecule has 15 heavy (non-hydrogen) atoms. The van der Waals surface area contributed by atoms with Gasteiger partial charge in [-0.05, 0) is 6.07 Å². The fourth-order valence-electron chi connectivity index (χ4n) is 1.45. The number of hydrogen-bond acceptors (Lipinski definition) is 4. The van der Waals surface area contributed by atoms with Gasteiger partial charge in [-0.3, -0.25) is 4.99 Å². The average Bonchev–Trinajstić information content (AvgIpc) is 2.70. The molecule has 1 saturated heterocycles. The van der Waals surface area contributed by atoms with Gasteiger partial charge in [0.25, 0.3) is 0 Å². The maximum absolute atomic E-state index is 11.2. The van der Waals surface area contributed by atoms with Gasteiger partial charge in [-0.2, -0.15) is 0 Å². The second kappa shape index (κ2) is 3.98. The van der Waals surface area contributed by atoms with Gasteiger partial charge in [0.15, 0.2) is 9.84 Å². The lowest BCUT2D eigenvalue weighted by molar-refractivity contribution is 0.567. The van der Waals surface area contributed by atoms with Crippen molar-refractivity contribution in [2.45, 2.75) is 11.4 Å². The molecule has 2 rings (SSSR count). The maximum Gasteiger partial charge on any atom is 0.153 e. The zero-order chi connectivity index (χ0) is 10.9. The summed E-state index contributed by atoms with van der Waals surface area (Å²) in [7, 11) is -3.00. The van der Waals surface area contributed by atoms with Crippen molar-refractivity contribution in [3.63, 3.8) is 0 Å². The number of hydrogen-bond donors (Lipinski definition) is 0. The highest BCUT2D eigenvalue weighted by Crippen LogP contribution is 2.20. The first-order chi connectivity index (χ1) is 7.07. The minimum absolute atomic E-state index is 0.0158. The first kappa shape index (κ1) is 10.7. The van der Waals surface area contributed by atoms with E-state index in [0.717, 1.165) is 5.56 Å². The largest absolute Gasteiger partial charge is 0.472 e. The average molecular weight is 248 g/mol. The lowest BCUT2D eigenvalue weighted by Crippen LogP contribution is -2.15. The molecule has 1 fully saturated rings. The van der Waals surface area contributed by atoms with Crippen LogP contribution in [0.15, 0.2) is 28.0 Å². The van der Waals surface area contributed by atoms with E-state index >= 15 is 0 Å². The van der Waals surface area contributed by atoms with E-state index in [1.165, 1.54) is 12.5 Å². The molecule has 0 aliphatic carbocycles. The van der Waals surface area contributed by atoms with Gasteiger partial charge in [-0.15, -0.1) is 11.6 Å². The summed E-state index contributed by atoms with van der Waals surface area (Å²) < 4.78 is 27.3. The smallest absolute Gasteiger partial charge is 0.153 e. The number of aliphatic imine (C=N–C) groups is 1. The molecule has 0 bridgehead atoms. The lowest BCUT2D eigenvalue weighted by atomic mass is 10.2. The predicted octanol–water partition coefficient (Wildman–Crippen LogP) is 1.10. The molecule has 0 spiro atoms. The Bertz CT molecular complexity index is 452. The van der Waals surface area contributed by atoms with Crippen molar-refractivity contribution in [1.82, 2.24) is 0 Å². The van der Waals surface area contributed by atoms with Crippen LogP contribution in [0.2, 0.25) is 0 Å². The molecular weight excluding hydrogens is 238 g/mol. The summed E-state index contributed by atoms with van der Waals surface area (Å²) in [5.41, 5.74) is 0.808. The highest BCUT2D eigenvalue weighted by molar-refractivity contribution is 7.91. The minimum Gasteiger partial charge on any atom is -0.472 e. The van der Waals surface area contributed by atoms with Gasteiger partial charge in [0.1, 0.15) is 0 Å². The zero-order valence-electron chi connectivity index (χ0n) is 7.84. The van der Waals surface area contributed by atoms with Crippen LogP contribution in [-0.2, 0) is 9.84 Å². The van der Waals surface area contributed by atoms with Crippen molar-refractivity contribution >= 4 is 27.7 Å². The second-order valence-corrected chi connectivity index (χ2v) is 6.21. The molecule has 0 radical (unpaired) electrons. The topological polar surface area (TPSA) is 59.6 Å². The van der Waals surface area contributed by atoms with Crippen LogP contribution in [0.3, 0.4) is 0 Å². The fraction of sp³-hybridized carbons (Fsp3) is 0.444. The van der Waals surface area contributed by atoms with Gasteiger partial charge in [0.2, 0.25) is 0 Å². The first-order valence-corrected chi connectivity index (χ1v) is 6.72. The first-order valence-electron chi connectivity index (χ1n) is 4.47. The van der Waals surface area contributed by atoms with E-state index in [9.17, 15) is 8.42 Å². The van der Waals surface area contributed by atoms with Crippen LogP contribution in [0.5, 0.6) is 0 Å². The van der Waals surface area contributed by atoms with E-state index in [-0.39, 0.29) is 17.5 Å². The van der Waals surface area contributed by atoms with Crippen molar-refractivity contribution < 1.29 is 12.8 Å². The molecule has 0 N–H and O–H groups in total. The molecule has 1 aliphatic rings. The highest BCUT2D eigenvalue weighted by Gasteiger charge is 2.35. The van der Waals surface area contributed by atoms with Crippen molar-refractivity contribution in [2.75, 3.05) is 11.5 Å². The Morgan fingerprint density at radius 2 is 2.33 bits per heavy atom. The van der Waals surface area contributed by atoms with Crippen molar-refractivity contribution in [3.05, 3.63) is 24.2 Å². The second-order valence-electron chi connectivity index (χ2n) is 3.50. The Morgan fingerprint density at radius 1 is 1.53 bits per heavy atom. The lowest BCUT2D eigenvalue weighted by Gasteiger charge is -2.03. The summed E-state index contributed by atoms with van der Waals surface area (Å²) in [6.45, 7) is 0. The molecular formula is C9H10ClNO3S. The van der Waals surface area contributed by atoms with Crippen LogP contribution < -0.4 is 0 Å². The highest BCUT2D eigenvalue weighted by atomic mass is 35.5. The van der Waals surface area contributed by atoms with E-state index in [0.29, 0.717) is 0 Å². The SMILES string of the molecule is O=S1(=O)C[C@@H](Cl)[C@H](N=Cc2ccoc2)C1. The number of alkyl halides is 1. The van der Waals surface area contributed by atoms with Gasteiger partial charge in [0.05, 0.1) is 35.5 Å². The molecule has 0 amide bonds. The van der Waals surface area contributed by atoms with E-state index in [1.54, 1.807) is 12.3 Å².